The third-order valence-corrected chi connectivity index (χ3v) is 3.59. The summed E-state index contributed by atoms with van der Waals surface area (Å²) in [5, 5.41) is 2.88. The predicted octanol–water partition coefficient (Wildman–Crippen LogP) is 2.78. The number of carbonyl (C=O) groups is 2. The van der Waals surface area contributed by atoms with Gasteiger partial charge in [-0.3, -0.25) is 20.0 Å². The van der Waals surface area contributed by atoms with Gasteiger partial charge in [0.2, 0.25) is 5.91 Å². The van der Waals surface area contributed by atoms with Gasteiger partial charge < -0.3 is 10.7 Å². The average molecular weight is 338 g/mol. The number of aromatic nitrogens is 1. The van der Waals surface area contributed by atoms with Crippen LogP contribution in [0.2, 0.25) is 0 Å². The maximum atomic E-state index is 12.2. The highest BCUT2D eigenvalue weighted by Gasteiger charge is 2.08. The van der Waals surface area contributed by atoms with Gasteiger partial charge in [-0.15, -0.1) is 0 Å². The number of nitrogens with one attached hydrogen (secondary N) is 3. The van der Waals surface area contributed by atoms with E-state index in [9.17, 15) is 9.59 Å². The number of rotatable bonds is 5. The fourth-order valence-electron chi connectivity index (χ4n) is 2.50. The number of hydrogen-bond donors (Lipinski definition) is 3. The molecule has 2 amide bonds. The van der Waals surface area contributed by atoms with Crippen LogP contribution in [0.1, 0.15) is 34.0 Å². The quantitative estimate of drug-likeness (QED) is 0.578. The van der Waals surface area contributed by atoms with Crippen LogP contribution in [0.5, 0.6) is 0 Å². The number of benzene rings is 1. The molecule has 6 nitrogen and oxygen atoms in total. The fourth-order valence-corrected chi connectivity index (χ4v) is 2.50. The minimum absolute atomic E-state index is 0.266. The lowest BCUT2D eigenvalue weighted by Gasteiger charge is -2.12. The Kier molecular flexibility index (Phi) is 5.89. The summed E-state index contributed by atoms with van der Waals surface area (Å²) in [4.78, 5) is 28.0. The van der Waals surface area contributed by atoms with Gasteiger partial charge in [0.05, 0.1) is 0 Å². The van der Waals surface area contributed by atoms with Gasteiger partial charge in [-0.05, 0) is 51.0 Å². The molecule has 1 heterocycles. The van der Waals surface area contributed by atoms with Crippen LogP contribution in [0.3, 0.4) is 0 Å². The van der Waals surface area contributed by atoms with Gasteiger partial charge >= 0.3 is 0 Å². The van der Waals surface area contributed by atoms with Crippen molar-refractivity contribution in [3.8, 4) is 0 Å². The molecule has 130 valence electrons. The molecule has 3 N–H and O–H groups in total. The van der Waals surface area contributed by atoms with Gasteiger partial charge in [0.15, 0.2) is 0 Å². The summed E-state index contributed by atoms with van der Waals surface area (Å²) in [5.41, 5.74) is 10.2. The molecule has 6 heteroatoms. The highest BCUT2D eigenvalue weighted by molar-refractivity contribution is 6.00. The van der Waals surface area contributed by atoms with E-state index in [1.165, 1.54) is 18.5 Å². The van der Waals surface area contributed by atoms with Crippen molar-refractivity contribution in [3.63, 3.8) is 0 Å². The minimum atomic E-state index is -0.305. The van der Waals surface area contributed by atoms with Crippen molar-refractivity contribution in [1.82, 2.24) is 15.8 Å². The van der Waals surface area contributed by atoms with Crippen LogP contribution in [0, 0.1) is 20.8 Å². The first-order valence-corrected chi connectivity index (χ1v) is 7.90. The van der Waals surface area contributed by atoms with E-state index >= 15 is 0 Å². The summed E-state index contributed by atoms with van der Waals surface area (Å²) < 4.78 is 0. The van der Waals surface area contributed by atoms with E-state index in [-0.39, 0.29) is 11.8 Å². The van der Waals surface area contributed by atoms with Crippen molar-refractivity contribution >= 4 is 17.5 Å². The maximum absolute atomic E-state index is 12.2. The Morgan fingerprint density at radius 1 is 1.00 bits per heavy atom. The Morgan fingerprint density at radius 2 is 1.60 bits per heavy atom. The van der Waals surface area contributed by atoms with Crippen LogP contribution in [-0.2, 0) is 4.79 Å². The second kappa shape index (κ2) is 8.10. The standard InChI is InChI=1S/C19H22N4O2/c1-12-9-13(2)18(14(3)10-12)21-17(24)11-15(4)22-23-19(25)16-5-7-20-8-6-16/h5-11,22H,1-4H3,(H,21,24)(H,23,25). The Labute approximate surface area is 147 Å². The lowest BCUT2D eigenvalue weighted by molar-refractivity contribution is -0.112. The van der Waals surface area contributed by atoms with Crippen molar-refractivity contribution in [1.29, 1.82) is 0 Å². The maximum Gasteiger partial charge on any atom is 0.269 e. The SMILES string of the molecule is CC(=CC(=O)Nc1c(C)cc(C)cc1C)NNC(=O)c1ccncc1. The van der Waals surface area contributed by atoms with Gasteiger partial charge in [-0.25, -0.2) is 0 Å². The molecule has 0 atom stereocenters. The number of carbonyl (C=O) groups excluding carboxylic acids is 2. The minimum Gasteiger partial charge on any atom is -0.322 e. The third-order valence-electron chi connectivity index (χ3n) is 3.59. The summed E-state index contributed by atoms with van der Waals surface area (Å²) in [7, 11) is 0. The Morgan fingerprint density at radius 3 is 2.20 bits per heavy atom. The summed E-state index contributed by atoms with van der Waals surface area (Å²) in [6.45, 7) is 7.63. The largest absolute Gasteiger partial charge is 0.322 e. The molecular weight excluding hydrogens is 316 g/mol. The van der Waals surface area contributed by atoms with Gasteiger partial charge in [-0.2, -0.15) is 0 Å². The first-order chi connectivity index (χ1) is 11.9. The highest BCUT2D eigenvalue weighted by atomic mass is 16.2. The van der Waals surface area contributed by atoms with Gasteiger partial charge in [0.25, 0.3) is 5.91 Å². The zero-order chi connectivity index (χ0) is 18.4. The Hall–Kier alpha value is -3.15. The van der Waals surface area contributed by atoms with Crippen molar-refractivity contribution in [2.45, 2.75) is 27.7 Å². The first-order valence-electron chi connectivity index (χ1n) is 7.90. The average Bonchev–Trinajstić information content (AvgIpc) is 2.56. The summed E-state index contributed by atoms with van der Waals surface area (Å²) in [5.74, 6) is -0.570. The van der Waals surface area contributed by atoms with E-state index in [1.54, 1.807) is 19.1 Å². The highest BCUT2D eigenvalue weighted by Crippen LogP contribution is 2.21. The normalized spacial score (nSPS) is 11.0. The number of nitrogens with zero attached hydrogens (tertiary/aromatic N) is 1. The molecular formula is C19H22N4O2. The predicted molar refractivity (Wildman–Crippen MR) is 97.9 cm³/mol. The number of amides is 2. The van der Waals surface area contributed by atoms with Crippen LogP contribution in [-0.4, -0.2) is 16.8 Å². The van der Waals surface area contributed by atoms with Crippen LogP contribution in [0.4, 0.5) is 5.69 Å². The van der Waals surface area contributed by atoms with Gasteiger partial charge in [0, 0.05) is 35.4 Å². The number of aryl methyl sites for hydroxylation is 3. The smallest absolute Gasteiger partial charge is 0.269 e. The van der Waals surface area contributed by atoms with Crippen LogP contribution in [0.25, 0.3) is 0 Å². The van der Waals surface area contributed by atoms with Crippen LogP contribution >= 0.6 is 0 Å². The molecule has 0 aliphatic heterocycles. The van der Waals surface area contributed by atoms with E-state index in [0.29, 0.717) is 11.3 Å². The van der Waals surface area contributed by atoms with Crippen molar-refractivity contribution in [3.05, 3.63) is 70.7 Å². The van der Waals surface area contributed by atoms with E-state index in [2.05, 4.69) is 21.2 Å². The molecule has 1 aromatic heterocycles. The summed E-state index contributed by atoms with van der Waals surface area (Å²) in [6, 6.07) is 7.25. The molecule has 0 aliphatic carbocycles. The second-order valence-electron chi connectivity index (χ2n) is 5.91. The number of anilines is 1. The van der Waals surface area contributed by atoms with E-state index < -0.39 is 0 Å². The van der Waals surface area contributed by atoms with Crippen LogP contribution in [0.15, 0.2) is 48.4 Å². The number of hydrogen-bond acceptors (Lipinski definition) is 4. The fraction of sp³-hybridized carbons (Fsp3) is 0.211. The van der Waals surface area contributed by atoms with Crippen molar-refractivity contribution in [2.75, 3.05) is 5.32 Å². The Bertz CT molecular complexity index is 790. The lowest BCUT2D eigenvalue weighted by Crippen LogP contribution is -2.36. The van der Waals surface area contributed by atoms with E-state index in [1.807, 2.05) is 32.9 Å². The van der Waals surface area contributed by atoms with Crippen molar-refractivity contribution < 1.29 is 9.59 Å². The number of allylic oxidation sites excluding steroid dienone is 1. The van der Waals surface area contributed by atoms with Gasteiger partial charge in [0.1, 0.15) is 0 Å². The Balaban J connectivity index is 1.96. The molecule has 0 spiro atoms. The zero-order valence-corrected chi connectivity index (χ0v) is 14.8. The van der Waals surface area contributed by atoms with Crippen LogP contribution < -0.4 is 16.2 Å². The van der Waals surface area contributed by atoms with Crippen molar-refractivity contribution in [2.24, 2.45) is 0 Å². The monoisotopic (exact) mass is 338 g/mol. The molecule has 0 radical (unpaired) electrons. The molecule has 0 saturated carbocycles. The molecule has 0 bridgehead atoms. The van der Waals surface area contributed by atoms with E-state index in [4.69, 9.17) is 0 Å². The summed E-state index contributed by atoms with van der Waals surface area (Å²) >= 11 is 0. The number of pyridine rings is 1. The second-order valence-corrected chi connectivity index (χ2v) is 5.91. The molecule has 0 saturated heterocycles. The molecule has 2 aromatic rings. The van der Waals surface area contributed by atoms with E-state index in [0.717, 1.165) is 22.4 Å². The molecule has 1 aromatic carbocycles. The molecule has 25 heavy (non-hydrogen) atoms. The zero-order valence-electron chi connectivity index (χ0n) is 14.8. The van der Waals surface area contributed by atoms with Gasteiger partial charge in [-0.1, -0.05) is 17.7 Å². The third kappa shape index (κ3) is 5.17. The topological polar surface area (TPSA) is 83.1 Å². The molecule has 0 unspecified atom stereocenters. The first kappa shape index (κ1) is 18.2. The lowest BCUT2D eigenvalue weighted by atomic mass is 10.1. The number of hydrazine groups is 1. The molecule has 0 aliphatic rings. The molecule has 2 rings (SSSR count). The summed E-state index contributed by atoms with van der Waals surface area (Å²) in [6.07, 6.45) is 4.47. The molecule has 0 fully saturated rings.